The Morgan fingerprint density at radius 3 is 1.44 bits per heavy atom. The fourth-order valence-electron chi connectivity index (χ4n) is 0.794. The van der Waals surface area contributed by atoms with Gasteiger partial charge in [0.2, 0.25) is 0 Å². The molecule has 0 heterocycles. The predicted molar refractivity (Wildman–Crippen MR) is 63.4 cm³/mol. The molecule has 0 bridgehead atoms. The van der Waals surface area contributed by atoms with Crippen LogP contribution in [0.15, 0.2) is 0 Å². The standard InChI is InChI=1S/C6H2BCl5O3.K.H/c8-1-2(9)4(11)6(15-7(13)14)5(12)3(1)10;;/h13-14H;;/q;+1;-1. The molecule has 1 rings (SSSR count). The van der Waals surface area contributed by atoms with E-state index >= 15 is 0 Å². The molecule has 0 atom stereocenters. The van der Waals surface area contributed by atoms with Crippen molar-refractivity contribution in [1.82, 2.24) is 0 Å². The molecule has 0 amide bonds. The van der Waals surface area contributed by atoms with Crippen LogP contribution in [0.25, 0.3) is 0 Å². The van der Waals surface area contributed by atoms with Gasteiger partial charge in [0.1, 0.15) is 15.8 Å². The summed E-state index contributed by atoms with van der Waals surface area (Å²) in [6.45, 7) is 0. The summed E-state index contributed by atoms with van der Waals surface area (Å²) in [6, 6.07) is 0. The fraction of sp³-hybridized carbons (Fsp3) is 0. The van der Waals surface area contributed by atoms with Gasteiger partial charge in [0.15, 0.2) is 0 Å². The molecule has 0 spiro atoms. The Morgan fingerprint density at radius 1 is 0.812 bits per heavy atom. The van der Waals surface area contributed by atoms with Crippen LogP contribution in [0, 0.1) is 0 Å². The molecule has 10 heteroatoms. The molecule has 84 valence electrons. The van der Waals surface area contributed by atoms with Gasteiger partial charge in [-0.2, -0.15) is 0 Å². The minimum Gasteiger partial charge on any atom is -1.00 e. The van der Waals surface area contributed by atoms with Gasteiger partial charge in [-0.1, -0.05) is 58.0 Å². The molecule has 0 unspecified atom stereocenters. The summed E-state index contributed by atoms with van der Waals surface area (Å²) in [5, 5.41) is 16.7. The summed E-state index contributed by atoms with van der Waals surface area (Å²) in [5.41, 5.74) is 0. The van der Waals surface area contributed by atoms with Crippen molar-refractivity contribution in [1.29, 1.82) is 0 Å². The van der Waals surface area contributed by atoms with E-state index in [0.29, 0.717) is 0 Å². The van der Waals surface area contributed by atoms with E-state index in [1.807, 2.05) is 0 Å². The van der Waals surface area contributed by atoms with Crippen molar-refractivity contribution in [3.05, 3.63) is 25.1 Å². The number of hydrogen-bond acceptors (Lipinski definition) is 3. The van der Waals surface area contributed by atoms with Crippen LogP contribution >= 0.6 is 58.0 Å². The second-order valence-corrected chi connectivity index (χ2v) is 4.23. The molecule has 0 aliphatic rings. The van der Waals surface area contributed by atoms with Gasteiger partial charge in [-0.05, 0) is 0 Å². The van der Waals surface area contributed by atoms with Crippen molar-refractivity contribution in [3.63, 3.8) is 0 Å². The van der Waals surface area contributed by atoms with Crippen LogP contribution in [-0.4, -0.2) is 17.4 Å². The Kier molecular flexibility index (Phi) is 8.62. The minimum absolute atomic E-state index is 0. The minimum atomic E-state index is -2.09. The van der Waals surface area contributed by atoms with E-state index in [2.05, 4.69) is 4.65 Å². The Morgan fingerprint density at radius 2 is 1.12 bits per heavy atom. The smallest absolute Gasteiger partial charge is 1.00 e. The van der Waals surface area contributed by atoms with Crippen molar-refractivity contribution in [2.24, 2.45) is 0 Å². The molecule has 0 aromatic heterocycles. The van der Waals surface area contributed by atoms with Crippen LogP contribution in [0.4, 0.5) is 0 Å². The summed E-state index contributed by atoms with van der Waals surface area (Å²) in [6.07, 6.45) is 0. The molecule has 0 aliphatic carbocycles. The van der Waals surface area contributed by atoms with Crippen LogP contribution in [0.3, 0.4) is 0 Å². The van der Waals surface area contributed by atoms with E-state index in [9.17, 15) is 0 Å². The molecule has 3 nitrogen and oxygen atoms in total. The third kappa shape index (κ3) is 4.05. The van der Waals surface area contributed by atoms with Crippen molar-refractivity contribution >= 4 is 65.3 Å². The Labute approximate surface area is 161 Å². The molecule has 0 radical (unpaired) electrons. The fourth-order valence-corrected chi connectivity index (χ4v) is 2.00. The number of rotatable bonds is 2. The Balaban J connectivity index is 0. The monoisotopic (exact) mass is 348 g/mol. The zero-order valence-electron chi connectivity index (χ0n) is 8.77. The average molecular weight is 350 g/mol. The molecule has 1 aromatic carbocycles. The Bertz CT molecular complexity index is 379. The third-order valence-electron chi connectivity index (χ3n) is 1.39. The quantitative estimate of drug-likeness (QED) is 0.462. The second kappa shape index (κ2) is 7.62. The van der Waals surface area contributed by atoms with E-state index in [1.54, 1.807) is 0 Å². The zero-order chi connectivity index (χ0) is 11.7. The first-order valence-electron chi connectivity index (χ1n) is 3.40. The molecule has 2 N–H and O–H groups in total. The van der Waals surface area contributed by atoms with Gasteiger partial charge in [0.25, 0.3) is 0 Å². The summed E-state index contributed by atoms with van der Waals surface area (Å²) in [5.74, 6) is -0.243. The molecular weight excluding hydrogens is 347 g/mol. The maximum Gasteiger partial charge on any atom is 1.00 e. The van der Waals surface area contributed by atoms with Crippen LogP contribution < -0.4 is 56.0 Å². The molecule has 0 saturated heterocycles. The summed E-state index contributed by atoms with van der Waals surface area (Å²) in [4.78, 5) is 0. The van der Waals surface area contributed by atoms with Gasteiger partial charge >= 0.3 is 58.7 Å². The van der Waals surface area contributed by atoms with Crippen molar-refractivity contribution in [3.8, 4) is 5.75 Å². The second-order valence-electron chi connectivity index (χ2n) is 2.34. The van der Waals surface area contributed by atoms with Gasteiger partial charge < -0.3 is 16.1 Å². The maximum atomic E-state index is 8.60. The molecule has 16 heavy (non-hydrogen) atoms. The van der Waals surface area contributed by atoms with Gasteiger partial charge in [0.05, 0.1) is 15.1 Å². The SMILES string of the molecule is OB(O)Oc1c(Cl)c(Cl)c(Cl)c(Cl)c1Cl.[H-].[K+]. The first-order valence-corrected chi connectivity index (χ1v) is 5.29. The van der Waals surface area contributed by atoms with E-state index < -0.39 is 7.32 Å². The zero-order valence-corrected chi connectivity index (χ0v) is 14.7. The molecule has 1 aromatic rings. The predicted octanol–water partition coefficient (Wildman–Crippen LogP) is 0.418. The van der Waals surface area contributed by atoms with E-state index in [-0.39, 0.29) is 83.7 Å². The van der Waals surface area contributed by atoms with E-state index in [0.717, 1.165) is 0 Å². The van der Waals surface area contributed by atoms with Crippen molar-refractivity contribution < 1.29 is 67.5 Å². The van der Waals surface area contributed by atoms with Crippen LogP contribution in [-0.2, 0) is 0 Å². The summed E-state index contributed by atoms with van der Waals surface area (Å²) < 4.78 is 4.51. The first-order chi connectivity index (χ1) is 6.86. The van der Waals surface area contributed by atoms with Crippen LogP contribution in [0.2, 0.25) is 25.1 Å². The summed E-state index contributed by atoms with van der Waals surface area (Å²) >= 11 is 28.5. The summed E-state index contributed by atoms with van der Waals surface area (Å²) in [7, 11) is -2.09. The van der Waals surface area contributed by atoms with Gasteiger partial charge in [0, 0.05) is 0 Å². The number of halogens is 5. The van der Waals surface area contributed by atoms with Crippen molar-refractivity contribution in [2.75, 3.05) is 0 Å². The van der Waals surface area contributed by atoms with Gasteiger partial charge in [-0.25, -0.2) is 0 Å². The average Bonchev–Trinajstić information content (AvgIpc) is 2.18. The van der Waals surface area contributed by atoms with E-state index in [4.69, 9.17) is 68.1 Å². The van der Waals surface area contributed by atoms with Gasteiger partial charge in [-0.15, -0.1) is 0 Å². The van der Waals surface area contributed by atoms with Crippen LogP contribution in [0.1, 0.15) is 1.43 Å². The first kappa shape index (κ1) is 18.1. The topological polar surface area (TPSA) is 49.7 Å². The van der Waals surface area contributed by atoms with Crippen molar-refractivity contribution in [2.45, 2.75) is 0 Å². The molecule has 0 fully saturated rings. The normalized spacial score (nSPS) is 9.69. The largest absolute Gasteiger partial charge is 1.00 e. The molecule has 0 saturated carbocycles. The third-order valence-corrected chi connectivity index (χ3v) is 3.63. The van der Waals surface area contributed by atoms with E-state index in [1.165, 1.54) is 0 Å². The number of hydrogen-bond donors (Lipinski definition) is 2. The van der Waals surface area contributed by atoms with Crippen LogP contribution in [0.5, 0.6) is 5.75 Å². The molecule has 0 aliphatic heterocycles. The molecular formula is C6H3BCl5KO3. The number of benzene rings is 1. The van der Waals surface area contributed by atoms with Gasteiger partial charge in [-0.3, -0.25) is 0 Å². The Hall–Kier alpha value is 2.09. The maximum absolute atomic E-state index is 8.60.